The Balaban J connectivity index is 1.18. The molecule has 43 heavy (non-hydrogen) atoms. The molecule has 1 nitrogen and oxygen atoms in total. The van der Waals surface area contributed by atoms with Crippen LogP contribution in [0.25, 0.3) is 11.1 Å². The van der Waals surface area contributed by atoms with Crippen LogP contribution >= 0.6 is 0 Å². The summed E-state index contributed by atoms with van der Waals surface area (Å²) in [5.74, 6) is 0.496. The van der Waals surface area contributed by atoms with Gasteiger partial charge in [-0.1, -0.05) is 127 Å². The Morgan fingerprint density at radius 2 is 1.02 bits per heavy atom. The summed E-state index contributed by atoms with van der Waals surface area (Å²) < 4.78 is 0. The van der Waals surface area contributed by atoms with E-state index in [0.29, 0.717) is 5.92 Å². The molecule has 1 heteroatoms. The number of para-hydroxylation sites is 1. The number of hydrogen-bond acceptors (Lipinski definition) is 1. The maximum absolute atomic E-state index is 2.36. The SMILES string of the molecule is Cc1cccc(C(CCc2ccc(-c3ccc(N(c4ccccc4)c4cccc(C)c4)cc3)cc2)Cc2ccccc2)c1. The molecular weight excluding hydrogens is 518 g/mol. The molecule has 0 bridgehead atoms. The number of benzene rings is 6. The summed E-state index contributed by atoms with van der Waals surface area (Å²) >= 11 is 0. The Morgan fingerprint density at radius 3 is 1.67 bits per heavy atom. The van der Waals surface area contributed by atoms with Crippen molar-refractivity contribution in [3.8, 4) is 11.1 Å². The van der Waals surface area contributed by atoms with Gasteiger partial charge < -0.3 is 4.90 Å². The third-order valence-electron chi connectivity index (χ3n) is 8.31. The number of hydrogen-bond donors (Lipinski definition) is 0. The van der Waals surface area contributed by atoms with Crippen LogP contribution in [0.2, 0.25) is 0 Å². The first-order chi connectivity index (χ1) is 21.1. The molecule has 6 aromatic rings. The number of anilines is 3. The van der Waals surface area contributed by atoms with Gasteiger partial charge in [-0.3, -0.25) is 0 Å². The van der Waals surface area contributed by atoms with Gasteiger partial charge in [0.15, 0.2) is 0 Å². The van der Waals surface area contributed by atoms with Gasteiger partial charge in [-0.25, -0.2) is 0 Å². The van der Waals surface area contributed by atoms with Crippen molar-refractivity contribution in [2.24, 2.45) is 0 Å². The molecule has 0 N–H and O–H groups in total. The van der Waals surface area contributed by atoms with E-state index in [1.165, 1.54) is 44.6 Å². The highest BCUT2D eigenvalue weighted by molar-refractivity contribution is 5.78. The standard InChI is InChI=1S/C42H39N/c1-32-11-9-15-38(29-32)39(31-35-13-5-3-6-14-35)24-21-34-19-22-36(23-20-34)37-25-27-41(28-26-37)43(40-16-7-4-8-17-40)42-18-10-12-33(2)30-42/h3-20,22-23,25-30,39H,21,24,31H2,1-2H3. The Labute approximate surface area is 257 Å². The molecule has 0 amide bonds. The lowest BCUT2D eigenvalue weighted by atomic mass is 9.86. The summed E-state index contributed by atoms with van der Waals surface area (Å²) in [6.45, 7) is 4.33. The molecule has 212 valence electrons. The first kappa shape index (κ1) is 28.2. The summed E-state index contributed by atoms with van der Waals surface area (Å²) in [6, 6.07) is 57.3. The minimum atomic E-state index is 0.496. The molecule has 0 saturated heterocycles. The fourth-order valence-corrected chi connectivity index (χ4v) is 6.01. The lowest BCUT2D eigenvalue weighted by Crippen LogP contribution is -2.09. The van der Waals surface area contributed by atoms with Gasteiger partial charge in [0.2, 0.25) is 0 Å². The van der Waals surface area contributed by atoms with E-state index in [9.17, 15) is 0 Å². The van der Waals surface area contributed by atoms with Crippen LogP contribution in [-0.2, 0) is 12.8 Å². The highest BCUT2D eigenvalue weighted by Gasteiger charge is 2.15. The first-order valence-electron chi connectivity index (χ1n) is 15.3. The van der Waals surface area contributed by atoms with Gasteiger partial charge in [-0.2, -0.15) is 0 Å². The maximum Gasteiger partial charge on any atom is 0.0464 e. The fourth-order valence-electron chi connectivity index (χ4n) is 6.01. The van der Waals surface area contributed by atoms with E-state index in [2.05, 4.69) is 176 Å². The minimum Gasteiger partial charge on any atom is -0.310 e. The maximum atomic E-state index is 2.36. The van der Waals surface area contributed by atoms with Gasteiger partial charge in [0.25, 0.3) is 0 Å². The van der Waals surface area contributed by atoms with Gasteiger partial charge in [-0.15, -0.1) is 0 Å². The quantitative estimate of drug-likeness (QED) is 0.162. The largest absolute Gasteiger partial charge is 0.310 e. The van der Waals surface area contributed by atoms with Crippen molar-refractivity contribution in [1.82, 2.24) is 0 Å². The molecule has 1 unspecified atom stereocenters. The lowest BCUT2D eigenvalue weighted by Gasteiger charge is -2.26. The van der Waals surface area contributed by atoms with Crippen molar-refractivity contribution >= 4 is 17.1 Å². The van der Waals surface area contributed by atoms with E-state index < -0.39 is 0 Å². The average molecular weight is 558 g/mol. The molecule has 0 aromatic heterocycles. The fraction of sp³-hybridized carbons (Fsp3) is 0.143. The molecule has 0 spiro atoms. The third kappa shape index (κ3) is 7.13. The van der Waals surface area contributed by atoms with E-state index in [-0.39, 0.29) is 0 Å². The van der Waals surface area contributed by atoms with Crippen LogP contribution in [0.4, 0.5) is 17.1 Å². The predicted octanol–water partition coefficient (Wildman–Crippen LogP) is 11.4. The molecular formula is C42H39N. The van der Waals surface area contributed by atoms with E-state index in [1.54, 1.807) is 0 Å². The van der Waals surface area contributed by atoms with Crippen LogP contribution in [0.5, 0.6) is 0 Å². The zero-order chi connectivity index (χ0) is 29.4. The minimum absolute atomic E-state index is 0.496. The number of nitrogens with zero attached hydrogens (tertiary/aromatic N) is 1. The summed E-state index contributed by atoms with van der Waals surface area (Å²) in [7, 11) is 0. The van der Waals surface area contributed by atoms with Gasteiger partial charge in [0, 0.05) is 17.1 Å². The first-order valence-corrected chi connectivity index (χ1v) is 15.3. The Hall–Kier alpha value is -4.88. The topological polar surface area (TPSA) is 3.24 Å². The second-order valence-electron chi connectivity index (χ2n) is 11.6. The summed E-state index contributed by atoms with van der Waals surface area (Å²) in [4.78, 5) is 2.32. The average Bonchev–Trinajstić information content (AvgIpc) is 3.05. The Kier molecular flexibility index (Phi) is 8.80. The van der Waals surface area contributed by atoms with Crippen molar-refractivity contribution < 1.29 is 0 Å². The number of aryl methyl sites for hydroxylation is 3. The van der Waals surface area contributed by atoms with Crippen molar-refractivity contribution in [3.63, 3.8) is 0 Å². The van der Waals surface area contributed by atoms with Crippen LogP contribution in [0.3, 0.4) is 0 Å². The predicted molar refractivity (Wildman–Crippen MR) is 184 cm³/mol. The lowest BCUT2D eigenvalue weighted by molar-refractivity contribution is 0.621. The van der Waals surface area contributed by atoms with Gasteiger partial charge in [0.05, 0.1) is 0 Å². The highest BCUT2D eigenvalue weighted by Crippen LogP contribution is 2.36. The molecule has 0 saturated carbocycles. The molecule has 0 aliphatic carbocycles. The highest BCUT2D eigenvalue weighted by atomic mass is 15.1. The molecule has 0 fully saturated rings. The normalized spacial score (nSPS) is 11.7. The molecule has 0 radical (unpaired) electrons. The van der Waals surface area contributed by atoms with Crippen LogP contribution in [-0.4, -0.2) is 0 Å². The van der Waals surface area contributed by atoms with Crippen molar-refractivity contribution in [2.45, 2.75) is 39.0 Å². The van der Waals surface area contributed by atoms with Crippen molar-refractivity contribution in [1.29, 1.82) is 0 Å². The summed E-state index contributed by atoms with van der Waals surface area (Å²) in [5, 5.41) is 0. The third-order valence-corrected chi connectivity index (χ3v) is 8.31. The van der Waals surface area contributed by atoms with Gasteiger partial charge in [0.1, 0.15) is 0 Å². The van der Waals surface area contributed by atoms with E-state index in [0.717, 1.165) is 30.6 Å². The Morgan fingerprint density at radius 1 is 0.465 bits per heavy atom. The zero-order valence-electron chi connectivity index (χ0n) is 25.2. The smallest absolute Gasteiger partial charge is 0.0464 e. The second-order valence-corrected chi connectivity index (χ2v) is 11.6. The van der Waals surface area contributed by atoms with Crippen LogP contribution in [0, 0.1) is 13.8 Å². The molecule has 0 aliphatic rings. The Bertz CT molecular complexity index is 1740. The van der Waals surface area contributed by atoms with E-state index in [1.807, 2.05) is 0 Å². The molecule has 6 rings (SSSR count). The molecule has 0 heterocycles. The second kappa shape index (κ2) is 13.4. The van der Waals surface area contributed by atoms with E-state index >= 15 is 0 Å². The molecule has 0 aliphatic heterocycles. The van der Waals surface area contributed by atoms with E-state index in [4.69, 9.17) is 0 Å². The molecule has 6 aromatic carbocycles. The van der Waals surface area contributed by atoms with Crippen LogP contribution < -0.4 is 4.90 Å². The summed E-state index contributed by atoms with van der Waals surface area (Å²) in [6.07, 6.45) is 3.26. The molecule has 1 atom stereocenters. The zero-order valence-corrected chi connectivity index (χ0v) is 25.2. The monoisotopic (exact) mass is 557 g/mol. The van der Waals surface area contributed by atoms with Gasteiger partial charge in [-0.05, 0) is 109 Å². The van der Waals surface area contributed by atoms with Crippen molar-refractivity contribution in [2.75, 3.05) is 4.90 Å². The van der Waals surface area contributed by atoms with Crippen LogP contribution in [0.1, 0.15) is 40.2 Å². The summed E-state index contributed by atoms with van der Waals surface area (Å²) in [5.41, 5.74) is 12.8. The van der Waals surface area contributed by atoms with Crippen molar-refractivity contribution in [3.05, 3.63) is 186 Å². The van der Waals surface area contributed by atoms with Crippen LogP contribution in [0.15, 0.2) is 158 Å². The number of rotatable bonds is 10. The van der Waals surface area contributed by atoms with Gasteiger partial charge >= 0.3 is 0 Å².